The van der Waals surface area contributed by atoms with Crippen LogP contribution in [0, 0.1) is 0 Å². The van der Waals surface area contributed by atoms with Gasteiger partial charge in [-0.2, -0.15) is 0 Å². The largest absolute Gasteiger partial charge is 0.503 e. The van der Waals surface area contributed by atoms with E-state index in [4.69, 9.17) is 16.7 Å². The van der Waals surface area contributed by atoms with Crippen LogP contribution in [0.3, 0.4) is 0 Å². The van der Waals surface area contributed by atoms with Crippen molar-refractivity contribution in [2.45, 2.75) is 12.3 Å². The molecule has 6 heteroatoms. The molecule has 0 aromatic carbocycles. The molecule has 0 amide bonds. The molecule has 1 heterocycles. The normalized spacial score (nSPS) is 10.8. The summed E-state index contributed by atoms with van der Waals surface area (Å²) < 4.78 is 24.2. The minimum Gasteiger partial charge on any atom is -0.503 e. The first-order chi connectivity index (χ1) is 6.06. The molecule has 0 radical (unpaired) electrons. The Labute approximate surface area is 77.0 Å². The van der Waals surface area contributed by atoms with E-state index < -0.39 is 23.4 Å². The van der Waals surface area contributed by atoms with Gasteiger partial charge in [0.15, 0.2) is 5.75 Å². The van der Waals surface area contributed by atoms with Gasteiger partial charge in [-0.15, -0.1) is 11.6 Å². The van der Waals surface area contributed by atoms with Crippen LogP contribution in [0.2, 0.25) is 0 Å². The Bertz CT molecular complexity index is 364. The number of aromatic amines is 1. The molecule has 0 aliphatic heterocycles. The van der Waals surface area contributed by atoms with Crippen LogP contribution in [-0.4, -0.2) is 10.1 Å². The van der Waals surface area contributed by atoms with Crippen molar-refractivity contribution >= 4 is 11.6 Å². The molecular weight excluding hydrogens is 204 g/mol. The van der Waals surface area contributed by atoms with Gasteiger partial charge < -0.3 is 10.1 Å². The summed E-state index contributed by atoms with van der Waals surface area (Å²) in [4.78, 5) is 12.7. The predicted molar refractivity (Wildman–Crippen MR) is 43.2 cm³/mol. The van der Waals surface area contributed by atoms with E-state index in [-0.39, 0.29) is 11.4 Å². The van der Waals surface area contributed by atoms with E-state index in [1.54, 1.807) is 0 Å². The maximum atomic E-state index is 12.1. The number of aromatic nitrogens is 1. The Morgan fingerprint density at radius 3 is 2.69 bits per heavy atom. The van der Waals surface area contributed by atoms with Crippen LogP contribution in [0.4, 0.5) is 8.78 Å². The van der Waals surface area contributed by atoms with Gasteiger partial charge in [-0.3, -0.25) is 4.79 Å². The Morgan fingerprint density at radius 2 is 2.23 bits per heavy atom. The number of hydrogen-bond donors (Lipinski definition) is 2. The zero-order chi connectivity index (χ0) is 10.0. The van der Waals surface area contributed by atoms with Crippen molar-refractivity contribution in [2.75, 3.05) is 0 Å². The van der Waals surface area contributed by atoms with Crippen molar-refractivity contribution in [3.63, 3.8) is 0 Å². The van der Waals surface area contributed by atoms with Gasteiger partial charge in [0.25, 0.3) is 12.0 Å². The molecule has 1 aromatic heterocycles. The molecular formula is C7H6ClF2NO2. The van der Waals surface area contributed by atoms with Gasteiger partial charge in [0, 0.05) is 5.56 Å². The second kappa shape index (κ2) is 3.74. The van der Waals surface area contributed by atoms with E-state index >= 15 is 0 Å². The average Bonchev–Trinajstić information content (AvgIpc) is 2.09. The van der Waals surface area contributed by atoms with E-state index in [9.17, 15) is 13.6 Å². The van der Waals surface area contributed by atoms with Crippen molar-refractivity contribution in [3.05, 3.63) is 27.7 Å². The molecule has 1 rings (SSSR count). The Morgan fingerprint density at radius 1 is 1.62 bits per heavy atom. The first-order valence-electron chi connectivity index (χ1n) is 3.35. The van der Waals surface area contributed by atoms with Gasteiger partial charge in [0.2, 0.25) is 0 Å². The summed E-state index contributed by atoms with van der Waals surface area (Å²) in [6, 6.07) is 0.967. The summed E-state index contributed by atoms with van der Waals surface area (Å²) in [6.07, 6.45) is -2.78. The highest BCUT2D eigenvalue weighted by molar-refractivity contribution is 6.17. The molecule has 0 atom stereocenters. The summed E-state index contributed by atoms with van der Waals surface area (Å²) in [5.41, 5.74) is -1.49. The van der Waals surface area contributed by atoms with E-state index in [0.717, 1.165) is 6.07 Å². The highest BCUT2D eigenvalue weighted by atomic mass is 35.5. The van der Waals surface area contributed by atoms with Gasteiger partial charge >= 0.3 is 0 Å². The molecule has 13 heavy (non-hydrogen) atoms. The average molecular weight is 210 g/mol. The van der Waals surface area contributed by atoms with Crippen LogP contribution in [0.15, 0.2) is 10.9 Å². The quantitative estimate of drug-likeness (QED) is 0.730. The predicted octanol–water partition coefficient (Wildman–Crippen LogP) is 1.76. The van der Waals surface area contributed by atoms with Gasteiger partial charge in [-0.25, -0.2) is 8.78 Å². The Balaban J connectivity index is 3.31. The van der Waals surface area contributed by atoms with E-state index in [2.05, 4.69) is 0 Å². The molecule has 3 nitrogen and oxygen atoms in total. The SMILES string of the molecule is O=c1[nH]c(C(F)F)cc(CCl)c1O. The summed E-state index contributed by atoms with van der Waals surface area (Å²) in [5, 5.41) is 9.03. The van der Waals surface area contributed by atoms with Crippen LogP contribution in [0.1, 0.15) is 17.7 Å². The summed E-state index contributed by atoms with van der Waals surface area (Å²) in [7, 11) is 0. The Hall–Kier alpha value is -1.10. The number of halogens is 3. The fraction of sp³-hybridized carbons (Fsp3) is 0.286. The van der Waals surface area contributed by atoms with E-state index in [1.807, 2.05) is 4.98 Å². The molecule has 1 aromatic rings. The summed E-state index contributed by atoms with van der Waals surface area (Å²) >= 11 is 5.32. The third-order valence-corrected chi connectivity index (χ3v) is 1.77. The number of hydrogen-bond acceptors (Lipinski definition) is 2. The van der Waals surface area contributed by atoms with Crippen molar-refractivity contribution in [2.24, 2.45) is 0 Å². The van der Waals surface area contributed by atoms with Crippen LogP contribution < -0.4 is 5.56 Å². The number of aromatic hydroxyl groups is 1. The monoisotopic (exact) mass is 209 g/mol. The highest BCUT2D eigenvalue weighted by Gasteiger charge is 2.13. The van der Waals surface area contributed by atoms with Gasteiger partial charge in [0.1, 0.15) is 0 Å². The summed E-state index contributed by atoms with van der Waals surface area (Å²) in [6.45, 7) is 0. The van der Waals surface area contributed by atoms with Crippen LogP contribution in [0.25, 0.3) is 0 Å². The van der Waals surface area contributed by atoms with Gasteiger partial charge in [-0.05, 0) is 6.07 Å². The zero-order valence-corrected chi connectivity index (χ0v) is 7.11. The lowest BCUT2D eigenvalue weighted by Crippen LogP contribution is -2.10. The number of rotatable bonds is 2. The van der Waals surface area contributed by atoms with Crippen LogP contribution in [0.5, 0.6) is 5.75 Å². The lowest BCUT2D eigenvalue weighted by molar-refractivity contribution is 0.145. The fourth-order valence-corrected chi connectivity index (χ4v) is 1.05. The molecule has 0 aliphatic rings. The van der Waals surface area contributed by atoms with Crippen molar-refractivity contribution in [1.29, 1.82) is 0 Å². The molecule has 2 N–H and O–H groups in total. The molecule has 72 valence electrons. The number of nitrogens with one attached hydrogen (secondary N) is 1. The second-order valence-corrected chi connectivity index (χ2v) is 2.63. The van der Waals surface area contributed by atoms with Crippen LogP contribution in [-0.2, 0) is 5.88 Å². The smallest absolute Gasteiger partial charge is 0.290 e. The molecule has 0 unspecified atom stereocenters. The maximum Gasteiger partial charge on any atom is 0.290 e. The van der Waals surface area contributed by atoms with Gasteiger partial charge in [0.05, 0.1) is 11.6 Å². The lowest BCUT2D eigenvalue weighted by Gasteiger charge is -2.03. The van der Waals surface area contributed by atoms with Crippen LogP contribution >= 0.6 is 11.6 Å². The van der Waals surface area contributed by atoms with E-state index in [0.29, 0.717) is 0 Å². The third kappa shape index (κ3) is 1.98. The molecule has 0 aliphatic carbocycles. The zero-order valence-electron chi connectivity index (χ0n) is 6.35. The molecule has 0 spiro atoms. The third-order valence-electron chi connectivity index (χ3n) is 1.49. The highest BCUT2D eigenvalue weighted by Crippen LogP contribution is 2.20. The summed E-state index contributed by atoms with van der Waals surface area (Å²) in [5.74, 6) is -0.797. The number of pyridine rings is 1. The molecule has 0 saturated carbocycles. The molecule has 0 bridgehead atoms. The van der Waals surface area contributed by atoms with Crippen molar-refractivity contribution in [3.8, 4) is 5.75 Å². The standard InChI is InChI=1S/C7H6ClF2NO2/c8-2-3-1-4(6(9)10)11-7(13)5(3)12/h1,6,12H,2H2,(H,11,13). The maximum absolute atomic E-state index is 12.1. The Kier molecular flexibility index (Phi) is 2.87. The van der Waals surface area contributed by atoms with Crippen molar-refractivity contribution in [1.82, 2.24) is 4.98 Å². The number of alkyl halides is 3. The first-order valence-corrected chi connectivity index (χ1v) is 3.89. The second-order valence-electron chi connectivity index (χ2n) is 2.36. The molecule has 0 saturated heterocycles. The topological polar surface area (TPSA) is 53.1 Å². The minimum absolute atomic E-state index is 0.000664. The first kappa shape index (κ1) is 9.98. The minimum atomic E-state index is -2.78. The lowest BCUT2D eigenvalue weighted by atomic mass is 10.2. The molecule has 0 fully saturated rings. The van der Waals surface area contributed by atoms with E-state index in [1.165, 1.54) is 0 Å². The number of H-pyrrole nitrogens is 1. The van der Waals surface area contributed by atoms with Gasteiger partial charge in [-0.1, -0.05) is 0 Å². The van der Waals surface area contributed by atoms with Crippen molar-refractivity contribution < 1.29 is 13.9 Å². The fourth-order valence-electron chi connectivity index (χ4n) is 0.848.